The molecule has 0 saturated heterocycles. The molecule has 0 atom stereocenters. The van der Waals surface area contributed by atoms with E-state index >= 15 is 0 Å². The highest BCUT2D eigenvalue weighted by Crippen LogP contribution is 2.20. The molecule has 0 aliphatic heterocycles. The number of fused-ring (bicyclic) bond motifs is 1. The van der Waals surface area contributed by atoms with E-state index < -0.39 is 0 Å². The Morgan fingerprint density at radius 3 is 2.54 bits per heavy atom. The first kappa shape index (κ1) is 18.2. The zero-order valence-electron chi connectivity index (χ0n) is 15.3. The molecule has 0 aliphatic carbocycles. The van der Waals surface area contributed by atoms with Crippen LogP contribution in [-0.4, -0.2) is 27.5 Å². The van der Waals surface area contributed by atoms with Crippen LogP contribution in [0.2, 0.25) is 5.02 Å². The fraction of sp³-hybridized carbons (Fsp3) is 0.136. The Labute approximate surface area is 167 Å². The summed E-state index contributed by atoms with van der Waals surface area (Å²) in [6.07, 6.45) is 0. The molecule has 0 aliphatic rings. The third kappa shape index (κ3) is 3.75. The van der Waals surface area contributed by atoms with Gasteiger partial charge in [0.25, 0.3) is 5.91 Å². The molecule has 0 fully saturated rings. The lowest BCUT2D eigenvalue weighted by Crippen LogP contribution is -2.30. The van der Waals surface area contributed by atoms with Crippen LogP contribution in [-0.2, 0) is 6.54 Å². The molecule has 1 aromatic heterocycles. The van der Waals surface area contributed by atoms with Gasteiger partial charge in [0.2, 0.25) is 11.7 Å². The number of carbonyl (C=O) groups excluding carboxylic acids is 1. The van der Waals surface area contributed by atoms with Crippen molar-refractivity contribution < 1.29 is 9.32 Å². The van der Waals surface area contributed by atoms with E-state index in [1.807, 2.05) is 61.5 Å². The van der Waals surface area contributed by atoms with E-state index in [4.69, 9.17) is 16.1 Å². The van der Waals surface area contributed by atoms with Gasteiger partial charge < -0.3 is 9.42 Å². The molecule has 0 bridgehead atoms. The Morgan fingerprint density at radius 1 is 1.04 bits per heavy atom. The lowest BCUT2D eigenvalue weighted by atomic mass is 10.1. The summed E-state index contributed by atoms with van der Waals surface area (Å²) in [4.78, 5) is 19.1. The van der Waals surface area contributed by atoms with Gasteiger partial charge >= 0.3 is 0 Å². The second-order valence-electron chi connectivity index (χ2n) is 6.40. The van der Waals surface area contributed by atoms with Gasteiger partial charge in [0.05, 0.1) is 0 Å². The summed E-state index contributed by atoms with van der Waals surface area (Å²) in [6.45, 7) is 2.71. The first-order chi connectivity index (χ1) is 13.6. The van der Waals surface area contributed by atoms with E-state index in [0.717, 1.165) is 16.3 Å². The maximum atomic E-state index is 13.0. The minimum absolute atomic E-state index is 0.0699. The molecule has 0 radical (unpaired) electrons. The summed E-state index contributed by atoms with van der Waals surface area (Å²) < 4.78 is 5.35. The Kier molecular flexibility index (Phi) is 5.08. The summed E-state index contributed by atoms with van der Waals surface area (Å²) in [7, 11) is 0. The van der Waals surface area contributed by atoms with Crippen molar-refractivity contribution in [2.45, 2.75) is 13.5 Å². The van der Waals surface area contributed by atoms with Crippen molar-refractivity contribution >= 4 is 28.3 Å². The van der Waals surface area contributed by atoms with E-state index in [1.54, 1.807) is 17.0 Å². The predicted molar refractivity (Wildman–Crippen MR) is 109 cm³/mol. The highest BCUT2D eigenvalue weighted by molar-refractivity contribution is 6.30. The smallest absolute Gasteiger partial charge is 0.254 e. The Morgan fingerprint density at radius 2 is 1.79 bits per heavy atom. The van der Waals surface area contributed by atoms with Gasteiger partial charge in [-0.15, -0.1) is 0 Å². The van der Waals surface area contributed by atoms with Crippen molar-refractivity contribution in [1.29, 1.82) is 0 Å². The molecule has 1 heterocycles. The van der Waals surface area contributed by atoms with Gasteiger partial charge in [-0.1, -0.05) is 47.1 Å². The third-order valence-electron chi connectivity index (χ3n) is 4.56. The molecular formula is C22H18ClN3O2. The van der Waals surface area contributed by atoms with Gasteiger partial charge in [-0.25, -0.2) is 0 Å². The molecule has 0 spiro atoms. The van der Waals surface area contributed by atoms with Crippen molar-refractivity contribution in [1.82, 2.24) is 15.0 Å². The molecule has 4 aromatic rings. The van der Waals surface area contributed by atoms with E-state index in [2.05, 4.69) is 10.1 Å². The van der Waals surface area contributed by atoms with Gasteiger partial charge in [0.1, 0.15) is 6.54 Å². The standard InChI is InChI=1S/C22H18ClN3O2/c1-2-26(22(27)18-8-7-15-5-3-4-6-17(15)13-18)14-20-24-21(25-28-20)16-9-11-19(23)12-10-16/h3-13H,2,14H2,1H3. The van der Waals surface area contributed by atoms with Gasteiger partial charge in [-0.05, 0) is 54.1 Å². The average Bonchev–Trinajstić information content (AvgIpc) is 3.20. The Hall–Kier alpha value is -3.18. The molecule has 28 heavy (non-hydrogen) atoms. The van der Waals surface area contributed by atoms with Crippen molar-refractivity contribution in [3.8, 4) is 11.4 Å². The number of amides is 1. The molecule has 0 saturated carbocycles. The fourth-order valence-corrected chi connectivity index (χ4v) is 3.16. The van der Waals surface area contributed by atoms with Crippen LogP contribution in [0.4, 0.5) is 0 Å². The number of hydrogen-bond acceptors (Lipinski definition) is 4. The van der Waals surface area contributed by atoms with Gasteiger partial charge in [-0.2, -0.15) is 4.98 Å². The normalized spacial score (nSPS) is 10.9. The molecule has 4 rings (SSSR count). The number of aromatic nitrogens is 2. The number of halogens is 1. The largest absolute Gasteiger partial charge is 0.337 e. The number of nitrogens with zero attached hydrogens (tertiary/aromatic N) is 3. The minimum Gasteiger partial charge on any atom is -0.337 e. The second kappa shape index (κ2) is 7.82. The number of carbonyl (C=O) groups is 1. The van der Waals surface area contributed by atoms with Crippen molar-refractivity contribution in [3.05, 3.63) is 83.2 Å². The summed E-state index contributed by atoms with van der Waals surface area (Å²) in [5, 5.41) is 6.79. The SMILES string of the molecule is CCN(Cc1nc(-c2ccc(Cl)cc2)no1)C(=O)c1ccc2ccccc2c1. The monoisotopic (exact) mass is 391 g/mol. The van der Waals surface area contributed by atoms with Crippen molar-refractivity contribution in [2.75, 3.05) is 6.54 Å². The average molecular weight is 392 g/mol. The van der Waals surface area contributed by atoms with E-state index in [1.165, 1.54) is 0 Å². The molecule has 5 nitrogen and oxygen atoms in total. The summed E-state index contributed by atoms with van der Waals surface area (Å²) in [5.74, 6) is 0.793. The van der Waals surface area contributed by atoms with Crippen LogP contribution in [0, 0.1) is 0 Å². The van der Waals surface area contributed by atoms with E-state index in [9.17, 15) is 4.79 Å². The van der Waals surface area contributed by atoms with Crippen molar-refractivity contribution in [2.24, 2.45) is 0 Å². The van der Waals surface area contributed by atoms with Crippen LogP contribution in [0.3, 0.4) is 0 Å². The zero-order chi connectivity index (χ0) is 19.5. The highest BCUT2D eigenvalue weighted by atomic mass is 35.5. The molecular weight excluding hydrogens is 374 g/mol. The second-order valence-corrected chi connectivity index (χ2v) is 6.84. The van der Waals surface area contributed by atoms with Crippen LogP contribution in [0.5, 0.6) is 0 Å². The third-order valence-corrected chi connectivity index (χ3v) is 4.81. The molecule has 140 valence electrons. The van der Waals surface area contributed by atoms with E-state index in [0.29, 0.717) is 28.8 Å². The summed E-state index contributed by atoms with van der Waals surface area (Å²) in [6, 6.07) is 20.9. The highest BCUT2D eigenvalue weighted by Gasteiger charge is 2.18. The maximum Gasteiger partial charge on any atom is 0.254 e. The number of benzene rings is 3. The number of rotatable bonds is 5. The topological polar surface area (TPSA) is 59.2 Å². The lowest BCUT2D eigenvalue weighted by Gasteiger charge is -2.19. The van der Waals surface area contributed by atoms with Crippen molar-refractivity contribution in [3.63, 3.8) is 0 Å². The minimum atomic E-state index is -0.0699. The van der Waals surface area contributed by atoms with Gasteiger partial charge in [-0.3, -0.25) is 4.79 Å². The Balaban J connectivity index is 1.53. The van der Waals surface area contributed by atoms with E-state index in [-0.39, 0.29) is 12.5 Å². The fourth-order valence-electron chi connectivity index (χ4n) is 3.03. The summed E-state index contributed by atoms with van der Waals surface area (Å²) in [5.41, 5.74) is 1.45. The summed E-state index contributed by atoms with van der Waals surface area (Å²) >= 11 is 5.91. The number of hydrogen-bond donors (Lipinski definition) is 0. The Bertz CT molecular complexity index is 1120. The molecule has 6 heteroatoms. The quantitative estimate of drug-likeness (QED) is 0.468. The molecule has 0 unspecified atom stereocenters. The zero-order valence-corrected chi connectivity index (χ0v) is 16.1. The molecule has 1 amide bonds. The van der Waals surface area contributed by atoms with Gasteiger partial charge in [0.15, 0.2) is 0 Å². The lowest BCUT2D eigenvalue weighted by molar-refractivity contribution is 0.0734. The first-order valence-electron chi connectivity index (χ1n) is 9.00. The van der Waals surface area contributed by atoms with Crippen LogP contribution in [0.15, 0.2) is 71.3 Å². The maximum absolute atomic E-state index is 13.0. The van der Waals surface area contributed by atoms with Crippen LogP contribution < -0.4 is 0 Å². The van der Waals surface area contributed by atoms with Crippen LogP contribution in [0.25, 0.3) is 22.2 Å². The van der Waals surface area contributed by atoms with Crippen LogP contribution >= 0.6 is 11.6 Å². The predicted octanol–water partition coefficient (Wildman–Crippen LogP) is 5.21. The van der Waals surface area contributed by atoms with Crippen LogP contribution in [0.1, 0.15) is 23.2 Å². The molecule has 0 N–H and O–H groups in total. The molecule has 3 aromatic carbocycles. The van der Waals surface area contributed by atoms with Gasteiger partial charge in [0, 0.05) is 22.7 Å². The first-order valence-corrected chi connectivity index (χ1v) is 9.38.